The SMILES string of the molecule is CC1CCCCC1NC(=O)Cn1nc2n(c1=O)-c1ccccc1C1=NCCN12. The van der Waals surface area contributed by atoms with E-state index in [-0.39, 0.29) is 24.2 Å². The van der Waals surface area contributed by atoms with Gasteiger partial charge in [0.2, 0.25) is 11.9 Å². The first kappa shape index (κ1) is 17.2. The summed E-state index contributed by atoms with van der Waals surface area (Å²) in [5.41, 5.74) is 1.40. The van der Waals surface area contributed by atoms with E-state index in [2.05, 4.69) is 22.3 Å². The Morgan fingerprint density at radius 2 is 2.07 bits per heavy atom. The van der Waals surface area contributed by atoms with Crippen LogP contribution in [0.25, 0.3) is 5.69 Å². The van der Waals surface area contributed by atoms with Crippen molar-refractivity contribution in [3.63, 3.8) is 0 Å². The molecule has 3 heterocycles. The number of anilines is 1. The van der Waals surface area contributed by atoms with E-state index in [9.17, 15) is 9.59 Å². The van der Waals surface area contributed by atoms with Crippen molar-refractivity contribution >= 4 is 17.7 Å². The number of aromatic nitrogens is 3. The third kappa shape index (κ3) is 2.66. The number of nitrogens with one attached hydrogen (secondary N) is 1. The lowest BCUT2D eigenvalue weighted by Crippen LogP contribution is -2.43. The van der Waals surface area contributed by atoms with E-state index < -0.39 is 0 Å². The fourth-order valence-corrected chi connectivity index (χ4v) is 4.53. The van der Waals surface area contributed by atoms with Crippen LogP contribution in [0.3, 0.4) is 0 Å². The second-order valence-corrected chi connectivity index (χ2v) is 7.89. The van der Waals surface area contributed by atoms with Crippen molar-refractivity contribution < 1.29 is 4.79 Å². The predicted molar refractivity (Wildman–Crippen MR) is 106 cm³/mol. The lowest BCUT2D eigenvalue weighted by molar-refractivity contribution is -0.123. The number of carbonyl (C=O) groups is 1. The van der Waals surface area contributed by atoms with Crippen LogP contribution in [0.5, 0.6) is 0 Å². The molecule has 0 spiro atoms. The number of amidine groups is 1. The third-order valence-electron chi connectivity index (χ3n) is 6.04. The molecule has 1 aromatic carbocycles. The Bertz CT molecular complexity index is 1020. The average Bonchev–Trinajstić information content (AvgIpc) is 3.30. The normalized spacial score (nSPS) is 22.9. The zero-order valence-corrected chi connectivity index (χ0v) is 16.0. The first-order chi connectivity index (χ1) is 13.6. The van der Waals surface area contributed by atoms with Crippen LogP contribution in [0.4, 0.5) is 5.95 Å². The van der Waals surface area contributed by atoms with Crippen molar-refractivity contribution in [3.05, 3.63) is 40.3 Å². The predicted octanol–water partition coefficient (Wildman–Crippen LogP) is 1.31. The van der Waals surface area contributed by atoms with Crippen molar-refractivity contribution in [1.82, 2.24) is 19.7 Å². The summed E-state index contributed by atoms with van der Waals surface area (Å²) in [6, 6.07) is 7.89. The van der Waals surface area contributed by atoms with Crippen molar-refractivity contribution in [2.24, 2.45) is 10.9 Å². The molecule has 0 saturated heterocycles. The number of benzene rings is 1. The maximum atomic E-state index is 13.1. The van der Waals surface area contributed by atoms with E-state index in [1.54, 1.807) is 4.57 Å². The zero-order valence-electron chi connectivity index (χ0n) is 16.0. The number of para-hydroxylation sites is 1. The van der Waals surface area contributed by atoms with Gasteiger partial charge in [-0.1, -0.05) is 31.9 Å². The van der Waals surface area contributed by atoms with Gasteiger partial charge >= 0.3 is 5.69 Å². The second-order valence-electron chi connectivity index (χ2n) is 7.89. The minimum atomic E-state index is -0.291. The standard InChI is InChI=1S/C20H24N6O2/c1-13-6-2-4-8-15(13)22-17(27)12-25-20(28)26-16-9-5-3-7-14(16)18-21-10-11-24(18)19(26)23-25/h3,5,7,9,13,15H,2,4,6,8,10-12H2,1H3,(H,22,27). The summed E-state index contributed by atoms with van der Waals surface area (Å²) in [7, 11) is 0. The first-order valence-electron chi connectivity index (χ1n) is 10.0. The van der Waals surface area contributed by atoms with Crippen molar-refractivity contribution in [1.29, 1.82) is 0 Å². The van der Waals surface area contributed by atoms with E-state index in [4.69, 9.17) is 0 Å². The summed E-state index contributed by atoms with van der Waals surface area (Å²) in [4.78, 5) is 32.2. The van der Waals surface area contributed by atoms with Crippen LogP contribution in [-0.2, 0) is 11.3 Å². The van der Waals surface area contributed by atoms with Gasteiger partial charge in [-0.25, -0.2) is 14.0 Å². The fourth-order valence-electron chi connectivity index (χ4n) is 4.53. The van der Waals surface area contributed by atoms with Gasteiger partial charge in [0.1, 0.15) is 12.4 Å². The van der Waals surface area contributed by atoms with Crippen molar-refractivity contribution in [2.75, 3.05) is 18.0 Å². The minimum Gasteiger partial charge on any atom is -0.351 e. The Morgan fingerprint density at radius 3 is 2.93 bits per heavy atom. The molecule has 1 saturated carbocycles. The van der Waals surface area contributed by atoms with Gasteiger partial charge in [0.15, 0.2) is 0 Å². The van der Waals surface area contributed by atoms with E-state index in [1.165, 1.54) is 11.1 Å². The molecule has 5 rings (SSSR count). The van der Waals surface area contributed by atoms with Gasteiger partial charge in [0, 0.05) is 18.2 Å². The highest BCUT2D eigenvalue weighted by atomic mass is 16.2. The van der Waals surface area contributed by atoms with Crippen molar-refractivity contribution in [3.8, 4) is 5.69 Å². The Morgan fingerprint density at radius 1 is 1.25 bits per heavy atom. The first-order valence-corrected chi connectivity index (χ1v) is 10.0. The summed E-state index contributed by atoms with van der Waals surface area (Å²) in [6.07, 6.45) is 4.50. The van der Waals surface area contributed by atoms with Crippen LogP contribution in [0, 0.1) is 5.92 Å². The topological polar surface area (TPSA) is 84.5 Å². The molecular weight excluding hydrogens is 356 g/mol. The molecule has 1 N–H and O–H groups in total. The number of nitrogens with zero attached hydrogens (tertiary/aromatic N) is 5. The molecule has 0 bridgehead atoms. The number of rotatable bonds is 3. The Labute approximate surface area is 162 Å². The quantitative estimate of drug-likeness (QED) is 0.870. The molecule has 28 heavy (non-hydrogen) atoms. The highest BCUT2D eigenvalue weighted by Gasteiger charge is 2.34. The number of hydrogen-bond donors (Lipinski definition) is 1. The molecule has 2 aliphatic heterocycles. The monoisotopic (exact) mass is 380 g/mol. The van der Waals surface area contributed by atoms with Gasteiger partial charge in [-0.2, -0.15) is 0 Å². The minimum absolute atomic E-state index is 0.0649. The van der Waals surface area contributed by atoms with Gasteiger partial charge < -0.3 is 5.32 Å². The second kappa shape index (κ2) is 6.61. The number of carbonyl (C=O) groups excluding carboxylic acids is 1. The lowest BCUT2D eigenvalue weighted by atomic mass is 9.86. The molecule has 146 valence electrons. The number of fused-ring (bicyclic) bond motifs is 6. The summed E-state index contributed by atoms with van der Waals surface area (Å²) in [5, 5.41) is 7.60. The van der Waals surface area contributed by atoms with Crippen molar-refractivity contribution in [2.45, 2.75) is 45.2 Å². The molecule has 3 aliphatic rings. The largest absolute Gasteiger partial charge is 0.352 e. The summed E-state index contributed by atoms with van der Waals surface area (Å²) < 4.78 is 2.87. The Kier molecular flexibility index (Phi) is 4.07. The molecular formula is C20H24N6O2. The van der Waals surface area contributed by atoms with Gasteiger partial charge in [-0.3, -0.25) is 14.7 Å². The lowest BCUT2D eigenvalue weighted by Gasteiger charge is -2.29. The number of hydrogen-bond acceptors (Lipinski definition) is 5. The summed E-state index contributed by atoms with van der Waals surface area (Å²) >= 11 is 0. The maximum absolute atomic E-state index is 13.1. The molecule has 1 aromatic heterocycles. The van der Waals surface area contributed by atoms with E-state index in [0.29, 0.717) is 25.0 Å². The van der Waals surface area contributed by atoms with Crippen LogP contribution in [0.15, 0.2) is 34.1 Å². The molecule has 8 heteroatoms. The average molecular weight is 380 g/mol. The Hall–Kier alpha value is -2.90. The number of aliphatic imine (C=N–C) groups is 1. The Balaban J connectivity index is 1.45. The molecule has 2 atom stereocenters. The van der Waals surface area contributed by atoms with Gasteiger partial charge in [0.25, 0.3) is 0 Å². The molecule has 8 nitrogen and oxygen atoms in total. The van der Waals surface area contributed by atoms with Crippen LogP contribution in [0.2, 0.25) is 0 Å². The van der Waals surface area contributed by atoms with Gasteiger partial charge in [-0.05, 0) is 30.9 Å². The molecule has 2 unspecified atom stereocenters. The smallest absolute Gasteiger partial charge is 0.351 e. The fraction of sp³-hybridized carbons (Fsp3) is 0.500. The van der Waals surface area contributed by atoms with Crippen LogP contribution in [-0.4, -0.2) is 45.2 Å². The molecule has 1 aliphatic carbocycles. The zero-order chi connectivity index (χ0) is 19.3. The highest BCUT2D eigenvalue weighted by Crippen LogP contribution is 2.29. The van der Waals surface area contributed by atoms with Crippen LogP contribution >= 0.6 is 0 Å². The van der Waals surface area contributed by atoms with Gasteiger partial charge in [0.05, 0.1) is 12.2 Å². The van der Waals surface area contributed by atoms with E-state index in [1.807, 2.05) is 29.2 Å². The molecule has 0 radical (unpaired) electrons. The van der Waals surface area contributed by atoms with Crippen LogP contribution < -0.4 is 15.9 Å². The third-order valence-corrected chi connectivity index (χ3v) is 6.04. The van der Waals surface area contributed by atoms with E-state index >= 15 is 0 Å². The molecule has 1 fully saturated rings. The molecule has 1 amide bonds. The number of amides is 1. The highest BCUT2D eigenvalue weighted by molar-refractivity contribution is 6.14. The van der Waals surface area contributed by atoms with Crippen LogP contribution in [0.1, 0.15) is 38.2 Å². The summed E-state index contributed by atoms with van der Waals surface area (Å²) in [6.45, 7) is 3.47. The molecule has 2 aromatic rings. The van der Waals surface area contributed by atoms with Gasteiger partial charge in [-0.15, -0.1) is 5.10 Å². The van der Waals surface area contributed by atoms with E-state index in [0.717, 1.165) is 36.3 Å². The summed E-state index contributed by atoms with van der Waals surface area (Å²) in [5.74, 6) is 1.71. The maximum Gasteiger partial charge on any atom is 0.352 e.